The summed E-state index contributed by atoms with van der Waals surface area (Å²) in [7, 11) is 0. The number of nitrogens with two attached hydrogens (primary N) is 2. The van der Waals surface area contributed by atoms with Gasteiger partial charge in [0.15, 0.2) is 11.7 Å². The summed E-state index contributed by atoms with van der Waals surface area (Å²) in [4.78, 5) is 37.0. The van der Waals surface area contributed by atoms with Crippen LogP contribution < -0.4 is 16.8 Å². The summed E-state index contributed by atoms with van der Waals surface area (Å²) < 4.78 is 0. The molecule has 0 bridgehead atoms. The fourth-order valence-electron chi connectivity index (χ4n) is 2.68. The van der Waals surface area contributed by atoms with Gasteiger partial charge in [0, 0.05) is 12.0 Å². The number of nitrogens with zero attached hydrogens (tertiary/aromatic N) is 1. The van der Waals surface area contributed by atoms with Crippen LogP contribution in [0.2, 0.25) is 0 Å². The first kappa shape index (κ1) is 26.3. The zero-order valence-corrected chi connectivity index (χ0v) is 18.4. The average Bonchev–Trinajstić information content (AvgIpc) is 2.73. The van der Waals surface area contributed by atoms with Crippen molar-refractivity contribution in [2.75, 3.05) is 0 Å². The molecule has 2 unspecified atom stereocenters. The minimum atomic E-state index is -1.06. The number of ketones is 1. The smallest absolute Gasteiger partial charge is 0.305 e. The molecular formula is C23H30N4O5. The van der Waals surface area contributed by atoms with Gasteiger partial charge in [-0.05, 0) is 31.5 Å². The van der Waals surface area contributed by atoms with Gasteiger partial charge in [-0.1, -0.05) is 48.9 Å². The zero-order valence-electron chi connectivity index (χ0n) is 18.4. The van der Waals surface area contributed by atoms with E-state index < -0.39 is 18.1 Å². The lowest BCUT2D eigenvalue weighted by atomic mass is 9.98. The molecule has 0 aliphatic carbocycles. The summed E-state index contributed by atoms with van der Waals surface area (Å²) >= 11 is 0. The molecular weight excluding hydrogens is 412 g/mol. The molecule has 0 aliphatic rings. The number of nitrogens with one attached hydrogen (secondary N) is 1. The van der Waals surface area contributed by atoms with E-state index in [1.165, 1.54) is 6.92 Å². The maximum absolute atomic E-state index is 11.4. The van der Waals surface area contributed by atoms with E-state index in [0.717, 1.165) is 5.56 Å². The molecule has 2 aromatic carbocycles. The Kier molecular flexibility index (Phi) is 10.6. The highest BCUT2D eigenvalue weighted by atomic mass is 16.4. The third-order valence-corrected chi connectivity index (χ3v) is 4.37. The van der Waals surface area contributed by atoms with Crippen molar-refractivity contribution in [1.82, 2.24) is 5.32 Å². The van der Waals surface area contributed by atoms with E-state index in [4.69, 9.17) is 16.6 Å². The summed E-state index contributed by atoms with van der Waals surface area (Å²) in [6.45, 7) is 5.09. The van der Waals surface area contributed by atoms with Crippen molar-refractivity contribution in [2.24, 2.45) is 16.5 Å². The second-order valence-corrected chi connectivity index (χ2v) is 7.12. The third-order valence-electron chi connectivity index (χ3n) is 4.37. The van der Waals surface area contributed by atoms with Gasteiger partial charge in [-0.2, -0.15) is 0 Å². The highest BCUT2D eigenvalue weighted by Crippen LogP contribution is 2.20. The van der Waals surface area contributed by atoms with Gasteiger partial charge in [0.2, 0.25) is 5.91 Å². The van der Waals surface area contributed by atoms with Crippen LogP contribution in [0.15, 0.2) is 53.5 Å². The maximum Gasteiger partial charge on any atom is 0.305 e. The molecule has 1 amide bonds. The Morgan fingerprint density at radius 3 is 2.22 bits per heavy atom. The van der Waals surface area contributed by atoms with Gasteiger partial charge < -0.3 is 27.0 Å². The molecule has 32 heavy (non-hydrogen) atoms. The summed E-state index contributed by atoms with van der Waals surface area (Å²) in [5, 5.41) is 21.6. The second kappa shape index (κ2) is 12.9. The van der Waals surface area contributed by atoms with E-state index in [1.54, 1.807) is 43.3 Å². The second-order valence-electron chi connectivity index (χ2n) is 7.12. The molecule has 2 rings (SSSR count). The lowest BCUT2D eigenvalue weighted by Gasteiger charge is -2.23. The number of aryl methyl sites for hydroxylation is 1. The summed E-state index contributed by atoms with van der Waals surface area (Å²) in [6.07, 6.45) is -1.11. The van der Waals surface area contributed by atoms with Crippen LogP contribution in [0.1, 0.15) is 54.3 Å². The number of carboxylic acids is 1. The predicted octanol–water partition coefficient (Wildman–Crippen LogP) is 2.19. The lowest BCUT2D eigenvalue weighted by molar-refractivity contribution is -0.138. The number of hydrogen-bond donors (Lipinski definition) is 5. The largest absolute Gasteiger partial charge is 0.481 e. The van der Waals surface area contributed by atoms with Gasteiger partial charge in [-0.3, -0.25) is 14.4 Å². The number of amides is 1. The first-order chi connectivity index (χ1) is 15.0. The quantitative estimate of drug-likeness (QED) is 0.237. The van der Waals surface area contributed by atoms with Crippen molar-refractivity contribution in [1.29, 1.82) is 0 Å². The highest BCUT2D eigenvalue weighted by molar-refractivity contribution is 5.95. The zero-order chi connectivity index (χ0) is 24.3. The Morgan fingerprint density at radius 1 is 1.09 bits per heavy atom. The molecule has 0 fully saturated rings. The molecule has 2 atom stereocenters. The van der Waals surface area contributed by atoms with Crippen LogP contribution in [-0.4, -0.2) is 39.9 Å². The standard InChI is InChI=1S/C14H19NO4.C9H11N3O/c1-3-12(16)15-11(8-13(17)18)14(19)10-6-4-9(2)5-7-10;1-6(13)7-3-2-4-8(5-7)12-9(10)11/h4-7,11,14,19H,3,8H2,1-2H3,(H,15,16)(H,17,18);2-5H,1H3,(H4,10,11,12). The molecule has 9 heteroatoms. The molecule has 0 aliphatic heterocycles. The number of aliphatic carboxylic acids is 1. The van der Waals surface area contributed by atoms with E-state index in [9.17, 15) is 19.5 Å². The lowest BCUT2D eigenvalue weighted by Crippen LogP contribution is -2.40. The Balaban J connectivity index is 0.000000343. The van der Waals surface area contributed by atoms with Crippen LogP contribution in [0, 0.1) is 6.92 Å². The minimum Gasteiger partial charge on any atom is -0.481 e. The van der Waals surface area contributed by atoms with Gasteiger partial charge in [0.25, 0.3) is 0 Å². The number of guanidine groups is 1. The molecule has 172 valence electrons. The van der Waals surface area contributed by atoms with Gasteiger partial charge in [-0.25, -0.2) is 4.99 Å². The maximum atomic E-state index is 11.4. The van der Waals surface area contributed by atoms with Crippen molar-refractivity contribution >= 4 is 29.3 Å². The van der Waals surface area contributed by atoms with Crippen LogP contribution in [-0.2, 0) is 9.59 Å². The molecule has 0 saturated carbocycles. The van der Waals surface area contributed by atoms with Gasteiger partial charge in [0.1, 0.15) is 0 Å². The fourth-order valence-corrected chi connectivity index (χ4v) is 2.68. The van der Waals surface area contributed by atoms with Gasteiger partial charge in [0.05, 0.1) is 24.3 Å². The van der Waals surface area contributed by atoms with Crippen LogP contribution in [0.3, 0.4) is 0 Å². The first-order valence-corrected chi connectivity index (χ1v) is 9.99. The number of rotatable bonds is 8. The Bertz CT molecular complexity index is 953. The molecule has 0 heterocycles. The molecule has 0 radical (unpaired) electrons. The molecule has 7 N–H and O–H groups in total. The summed E-state index contributed by atoms with van der Waals surface area (Å²) in [5.74, 6) is -1.36. The number of carbonyl (C=O) groups excluding carboxylic acids is 2. The summed E-state index contributed by atoms with van der Waals surface area (Å²) in [6, 6.07) is 13.1. The van der Waals surface area contributed by atoms with E-state index >= 15 is 0 Å². The minimum absolute atomic E-state index is 0.00681. The number of benzene rings is 2. The number of carboxylic acid groups (broad SMARTS) is 1. The first-order valence-electron chi connectivity index (χ1n) is 9.99. The van der Waals surface area contributed by atoms with E-state index in [2.05, 4.69) is 10.3 Å². The van der Waals surface area contributed by atoms with E-state index in [1.807, 2.05) is 19.1 Å². The van der Waals surface area contributed by atoms with E-state index in [-0.39, 0.29) is 30.5 Å². The molecule has 9 nitrogen and oxygen atoms in total. The molecule has 0 spiro atoms. The molecule has 2 aromatic rings. The third kappa shape index (κ3) is 9.40. The number of carbonyl (C=O) groups is 3. The predicted molar refractivity (Wildman–Crippen MR) is 123 cm³/mol. The Labute approximate surface area is 187 Å². The van der Waals surface area contributed by atoms with Crippen LogP contribution in [0.4, 0.5) is 5.69 Å². The Morgan fingerprint density at radius 2 is 1.72 bits per heavy atom. The normalized spacial score (nSPS) is 11.9. The van der Waals surface area contributed by atoms with Gasteiger partial charge in [-0.15, -0.1) is 0 Å². The van der Waals surface area contributed by atoms with Crippen LogP contribution in [0.5, 0.6) is 0 Å². The van der Waals surface area contributed by atoms with Crippen molar-refractivity contribution in [3.05, 3.63) is 65.2 Å². The highest BCUT2D eigenvalue weighted by Gasteiger charge is 2.24. The topological polar surface area (TPSA) is 168 Å². The average molecular weight is 443 g/mol. The Hall–Kier alpha value is -3.72. The number of aliphatic imine (C=N–C) groups is 1. The fraction of sp³-hybridized carbons (Fsp3) is 0.304. The van der Waals surface area contributed by atoms with Crippen molar-refractivity contribution < 1.29 is 24.6 Å². The molecule has 0 aromatic heterocycles. The monoisotopic (exact) mass is 442 g/mol. The number of Topliss-reactive ketones (excluding diaryl/α,β-unsaturated/α-hetero) is 1. The van der Waals surface area contributed by atoms with Crippen LogP contribution >= 0.6 is 0 Å². The number of hydrogen-bond acceptors (Lipinski definition) is 5. The van der Waals surface area contributed by atoms with Crippen molar-refractivity contribution in [2.45, 2.75) is 45.8 Å². The number of aliphatic hydroxyl groups is 1. The summed E-state index contributed by atoms with van der Waals surface area (Å²) in [5.41, 5.74) is 13.2. The van der Waals surface area contributed by atoms with Gasteiger partial charge >= 0.3 is 5.97 Å². The van der Waals surface area contributed by atoms with Crippen molar-refractivity contribution in [3.63, 3.8) is 0 Å². The van der Waals surface area contributed by atoms with Crippen molar-refractivity contribution in [3.8, 4) is 0 Å². The van der Waals surface area contributed by atoms with E-state index in [0.29, 0.717) is 16.8 Å². The molecule has 0 saturated heterocycles. The van der Waals surface area contributed by atoms with Crippen LogP contribution in [0.25, 0.3) is 0 Å². The number of aliphatic hydroxyl groups excluding tert-OH is 1. The SMILES string of the molecule is CC(=O)c1cccc(N=C(N)N)c1.CCC(=O)NC(CC(=O)O)C(O)c1ccc(C)cc1.